The van der Waals surface area contributed by atoms with E-state index in [9.17, 15) is 9.59 Å². The van der Waals surface area contributed by atoms with E-state index < -0.39 is 0 Å². The minimum absolute atomic E-state index is 0.0556. The first kappa shape index (κ1) is 19.2. The van der Waals surface area contributed by atoms with Crippen LogP contribution >= 0.6 is 23.1 Å². The minimum atomic E-state index is -0.125. The first-order valence-electron chi connectivity index (χ1n) is 8.46. The summed E-state index contributed by atoms with van der Waals surface area (Å²) in [4.78, 5) is 26.0. The number of hydrogen-bond acceptors (Lipinski definition) is 4. The SMILES string of the molecule is Cc1ccc(NC(=O)CSc2cccc(NC(=O)c3cccs3)c2)c(C)c1. The number of carbonyl (C=O) groups excluding carboxylic acids is 2. The van der Waals surface area contributed by atoms with E-state index >= 15 is 0 Å². The summed E-state index contributed by atoms with van der Waals surface area (Å²) in [6.45, 7) is 4.01. The van der Waals surface area contributed by atoms with Crippen molar-refractivity contribution in [2.45, 2.75) is 18.7 Å². The van der Waals surface area contributed by atoms with Crippen LogP contribution in [0.4, 0.5) is 11.4 Å². The lowest BCUT2D eigenvalue weighted by Gasteiger charge is -2.10. The third-order valence-corrected chi connectivity index (χ3v) is 5.73. The van der Waals surface area contributed by atoms with Gasteiger partial charge < -0.3 is 10.6 Å². The second-order valence-corrected chi connectivity index (χ2v) is 8.11. The van der Waals surface area contributed by atoms with Gasteiger partial charge in [-0.2, -0.15) is 0 Å². The van der Waals surface area contributed by atoms with Gasteiger partial charge in [0.15, 0.2) is 0 Å². The van der Waals surface area contributed by atoms with Crippen molar-refractivity contribution in [2.75, 3.05) is 16.4 Å². The van der Waals surface area contributed by atoms with E-state index in [1.165, 1.54) is 28.7 Å². The van der Waals surface area contributed by atoms with Crippen molar-refractivity contribution in [2.24, 2.45) is 0 Å². The predicted molar refractivity (Wildman–Crippen MR) is 114 cm³/mol. The number of hydrogen-bond donors (Lipinski definition) is 2. The fourth-order valence-corrected chi connectivity index (χ4v) is 3.93. The molecule has 0 aliphatic rings. The van der Waals surface area contributed by atoms with E-state index in [1.54, 1.807) is 6.07 Å². The van der Waals surface area contributed by atoms with Gasteiger partial charge in [0.05, 0.1) is 10.6 Å². The van der Waals surface area contributed by atoms with Gasteiger partial charge in [-0.3, -0.25) is 9.59 Å². The van der Waals surface area contributed by atoms with Crippen molar-refractivity contribution in [1.82, 2.24) is 0 Å². The third-order valence-electron chi connectivity index (χ3n) is 3.86. The molecule has 2 amide bonds. The Hall–Kier alpha value is -2.57. The molecule has 0 saturated carbocycles. The van der Waals surface area contributed by atoms with Crippen molar-refractivity contribution in [3.63, 3.8) is 0 Å². The molecule has 6 heteroatoms. The molecule has 0 radical (unpaired) electrons. The smallest absolute Gasteiger partial charge is 0.265 e. The Morgan fingerprint density at radius 1 is 1.00 bits per heavy atom. The summed E-state index contributed by atoms with van der Waals surface area (Å²) in [5.74, 6) is 0.120. The van der Waals surface area contributed by atoms with Gasteiger partial charge in [-0.1, -0.05) is 29.8 Å². The molecule has 0 aliphatic carbocycles. The Bertz CT molecular complexity index is 953. The largest absolute Gasteiger partial charge is 0.325 e. The van der Waals surface area contributed by atoms with Crippen LogP contribution < -0.4 is 10.6 Å². The number of nitrogens with one attached hydrogen (secondary N) is 2. The Morgan fingerprint density at radius 2 is 1.85 bits per heavy atom. The lowest BCUT2D eigenvalue weighted by atomic mass is 10.1. The van der Waals surface area contributed by atoms with Gasteiger partial charge in [0.1, 0.15) is 0 Å². The Kier molecular flexibility index (Phi) is 6.32. The molecule has 27 heavy (non-hydrogen) atoms. The summed E-state index contributed by atoms with van der Waals surface area (Å²) in [7, 11) is 0. The molecular formula is C21H20N2O2S2. The number of aryl methyl sites for hydroxylation is 2. The summed E-state index contributed by atoms with van der Waals surface area (Å²) < 4.78 is 0. The van der Waals surface area contributed by atoms with Gasteiger partial charge in [0, 0.05) is 16.3 Å². The van der Waals surface area contributed by atoms with Crippen LogP contribution in [0.5, 0.6) is 0 Å². The number of rotatable bonds is 6. The summed E-state index contributed by atoms with van der Waals surface area (Å²) >= 11 is 2.84. The standard InChI is InChI=1S/C21H20N2O2S2/c1-14-8-9-18(15(2)11-14)23-20(24)13-27-17-6-3-5-16(12-17)22-21(25)19-7-4-10-26-19/h3-12H,13H2,1-2H3,(H,22,25)(H,23,24). The maximum absolute atomic E-state index is 12.2. The van der Waals surface area contributed by atoms with E-state index in [0.29, 0.717) is 16.3 Å². The number of amides is 2. The summed E-state index contributed by atoms with van der Waals surface area (Å²) in [5, 5.41) is 7.70. The van der Waals surface area contributed by atoms with Crippen molar-refractivity contribution in [3.05, 3.63) is 76.0 Å². The highest BCUT2D eigenvalue weighted by Gasteiger charge is 2.09. The van der Waals surface area contributed by atoms with Crippen LogP contribution in [0.15, 0.2) is 64.9 Å². The summed E-state index contributed by atoms with van der Waals surface area (Å²) in [6, 6.07) is 17.1. The van der Waals surface area contributed by atoms with E-state index in [0.717, 1.165) is 16.1 Å². The minimum Gasteiger partial charge on any atom is -0.325 e. The van der Waals surface area contributed by atoms with Crippen LogP contribution in [0.1, 0.15) is 20.8 Å². The molecule has 0 unspecified atom stereocenters. The van der Waals surface area contributed by atoms with Gasteiger partial charge in [0.2, 0.25) is 5.91 Å². The fraction of sp³-hybridized carbons (Fsp3) is 0.143. The van der Waals surface area contributed by atoms with E-state index in [-0.39, 0.29) is 11.8 Å². The number of thioether (sulfide) groups is 1. The van der Waals surface area contributed by atoms with E-state index in [1.807, 2.05) is 67.8 Å². The molecule has 3 aromatic rings. The van der Waals surface area contributed by atoms with Gasteiger partial charge in [-0.05, 0) is 55.1 Å². The van der Waals surface area contributed by atoms with Crippen molar-refractivity contribution in [1.29, 1.82) is 0 Å². The lowest BCUT2D eigenvalue weighted by molar-refractivity contribution is -0.113. The topological polar surface area (TPSA) is 58.2 Å². The molecule has 1 heterocycles. The van der Waals surface area contributed by atoms with Crippen molar-refractivity contribution >= 4 is 46.3 Å². The number of anilines is 2. The van der Waals surface area contributed by atoms with Gasteiger partial charge in [-0.15, -0.1) is 23.1 Å². The number of carbonyl (C=O) groups is 2. The molecule has 0 bridgehead atoms. The zero-order valence-electron chi connectivity index (χ0n) is 15.1. The molecule has 2 N–H and O–H groups in total. The van der Waals surface area contributed by atoms with Crippen molar-refractivity contribution < 1.29 is 9.59 Å². The number of thiophene rings is 1. The first-order chi connectivity index (χ1) is 13.0. The molecule has 138 valence electrons. The summed E-state index contributed by atoms with van der Waals surface area (Å²) in [6.07, 6.45) is 0. The average Bonchev–Trinajstić information content (AvgIpc) is 3.18. The maximum atomic E-state index is 12.2. The quantitative estimate of drug-likeness (QED) is 0.552. The van der Waals surface area contributed by atoms with Gasteiger partial charge >= 0.3 is 0 Å². The molecule has 0 atom stereocenters. The molecule has 0 fully saturated rings. The number of benzene rings is 2. The van der Waals surface area contributed by atoms with E-state index in [2.05, 4.69) is 10.6 Å². The summed E-state index contributed by atoms with van der Waals surface area (Å²) in [5.41, 5.74) is 3.77. The first-order valence-corrected chi connectivity index (χ1v) is 10.3. The second-order valence-electron chi connectivity index (χ2n) is 6.11. The third kappa shape index (κ3) is 5.45. The monoisotopic (exact) mass is 396 g/mol. The van der Waals surface area contributed by atoms with Crippen LogP contribution in [-0.4, -0.2) is 17.6 Å². The molecule has 0 spiro atoms. The molecule has 0 aliphatic heterocycles. The van der Waals surface area contributed by atoms with Gasteiger partial charge in [0.25, 0.3) is 5.91 Å². The van der Waals surface area contributed by atoms with Crippen LogP contribution in [0, 0.1) is 13.8 Å². The van der Waals surface area contributed by atoms with Crippen LogP contribution in [0.3, 0.4) is 0 Å². The molecule has 2 aromatic carbocycles. The highest BCUT2D eigenvalue weighted by molar-refractivity contribution is 8.00. The molecule has 0 saturated heterocycles. The Balaban J connectivity index is 1.56. The second kappa shape index (κ2) is 8.88. The zero-order valence-corrected chi connectivity index (χ0v) is 16.7. The van der Waals surface area contributed by atoms with Crippen LogP contribution in [0.2, 0.25) is 0 Å². The van der Waals surface area contributed by atoms with Gasteiger partial charge in [-0.25, -0.2) is 0 Å². The molecule has 3 rings (SSSR count). The van der Waals surface area contributed by atoms with E-state index in [4.69, 9.17) is 0 Å². The maximum Gasteiger partial charge on any atom is 0.265 e. The predicted octanol–water partition coefficient (Wildman–Crippen LogP) is 5.35. The fourth-order valence-electron chi connectivity index (χ4n) is 2.55. The van der Waals surface area contributed by atoms with Crippen LogP contribution in [-0.2, 0) is 4.79 Å². The zero-order chi connectivity index (χ0) is 19.2. The molecule has 1 aromatic heterocycles. The molecule has 4 nitrogen and oxygen atoms in total. The average molecular weight is 397 g/mol. The normalized spacial score (nSPS) is 10.4. The van der Waals surface area contributed by atoms with Crippen LogP contribution in [0.25, 0.3) is 0 Å². The van der Waals surface area contributed by atoms with Crippen molar-refractivity contribution in [3.8, 4) is 0 Å². The molecular weight excluding hydrogens is 376 g/mol. The highest BCUT2D eigenvalue weighted by Crippen LogP contribution is 2.23. The Morgan fingerprint density at radius 3 is 2.59 bits per heavy atom. The lowest BCUT2D eigenvalue weighted by Crippen LogP contribution is -2.15. The Labute approximate surface area is 167 Å². The highest BCUT2D eigenvalue weighted by atomic mass is 32.2.